The summed E-state index contributed by atoms with van der Waals surface area (Å²) in [5.74, 6) is 1.81. The van der Waals surface area contributed by atoms with E-state index in [1.165, 1.54) is 16.5 Å². The molecule has 3 aromatic heterocycles. The van der Waals surface area contributed by atoms with Gasteiger partial charge in [0.05, 0.1) is 40.9 Å². The number of para-hydroxylation sites is 1. The molecule has 0 fully saturated rings. The molecule has 10 heteroatoms. The number of H-pyrrole nitrogens is 1. The highest BCUT2D eigenvalue weighted by Gasteiger charge is 2.22. The van der Waals surface area contributed by atoms with Crippen LogP contribution in [0.25, 0.3) is 33.5 Å². The van der Waals surface area contributed by atoms with Crippen molar-refractivity contribution in [3.63, 3.8) is 0 Å². The number of aromatic nitrogens is 5. The molecule has 10 nitrogen and oxygen atoms in total. The molecule has 0 atom stereocenters. The van der Waals surface area contributed by atoms with Crippen LogP contribution in [0.5, 0.6) is 5.75 Å². The number of hydrogen-bond donors (Lipinski definition) is 4. The Morgan fingerprint density at radius 2 is 2.05 bits per heavy atom. The second-order valence-electron chi connectivity index (χ2n) is 10.0. The van der Waals surface area contributed by atoms with Crippen LogP contribution in [0.3, 0.4) is 0 Å². The third-order valence-electron chi connectivity index (χ3n) is 7.12. The Labute approximate surface area is 227 Å². The molecule has 1 aliphatic heterocycles. The number of ether oxygens (including phenoxy) is 1. The molecule has 2 aromatic carbocycles. The fourth-order valence-corrected chi connectivity index (χ4v) is 5.23. The van der Waals surface area contributed by atoms with Gasteiger partial charge in [0.2, 0.25) is 5.95 Å². The lowest BCUT2D eigenvalue weighted by Gasteiger charge is -2.17. The summed E-state index contributed by atoms with van der Waals surface area (Å²) >= 11 is 0. The minimum atomic E-state index is 0.443. The average molecular weight is 524 g/mol. The van der Waals surface area contributed by atoms with Gasteiger partial charge in [0.25, 0.3) is 0 Å². The van der Waals surface area contributed by atoms with Crippen LogP contribution in [0.15, 0.2) is 55.1 Å². The van der Waals surface area contributed by atoms with Crippen molar-refractivity contribution in [1.82, 2.24) is 29.4 Å². The van der Waals surface area contributed by atoms with Gasteiger partial charge in [-0.2, -0.15) is 0 Å². The zero-order chi connectivity index (χ0) is 26.9. The number of nitrogens with zero attached hydrogens (tertiary/aromatic N) is 5. The molecule has 0 aliphatic carbocycles. The van der Waals surface area contributed by atoms with Gasteiger partial charge in [-0.1, -0.05) is 18.2 Å². The molecule has 0 radical (unpaired) electrons. The lowest BCUT2D eigenvalue weighted by Crippen LogP contribution is -2.21. The van der Waals surface area contributed by atoms with Crippen molar-refractivity contribution in [2.75, 3.05) is 50.7 Å². The maximum atomic E-state index is 6.40. The van der Waals surface area contributed by atoms with Gasteiger partial charge in [0.1, 0.15) is 11.6 Å². The van der Waals surface area contributed by atoms with E-state index >= 15 is 0 Å². The van der Waals surface area contributed by atoms with Gasteiger partial charge in [-0.3, -0.25) is 0 Å². The summed E-state index contributed by atoms with van der Waals surface area (Å²) in [7, 11) is 5.71. The van der Waals surface area contributed by atoms with Crippen molar-refractivity contribution in [2.45, 2.75) is 19.4 Å². The zero-order valence-corrected chi connectivity index (χ0v) is 22.5. The summed E-state index contributed by atoms with van der Waals surface area (Å²) in [5, 5.41) is 7.90. The van der Waals surface area contributed by atoms with E-state index in [0.29, 0.717) is 23.1 Å². The number of nitrogen functional groups attached to an aromatic ring is 1. The van der Waals surface area contributed by atoms with Gasteiger partial charge in [-0.15, -0.1) is 0 Å². The van der Waals surface area contributed by atoms with E-state index in [1.807, 2.05) is 38.6 Å². The SMILES string of the molecule is COc1cc(NCCN(C)C)c(N)cc1Nc1ncc(-c2ncc[nH]2)c(-c2cn3c4c(cccc24)CCC3)n1. The van der Waals surface area contributed by atoms with Crippen molar-refractivity contribution in [3.8, 4) is 28.4 Å². The van der Waals surface area contributed by atoms with Gasteiger partial charge in [-0.05, 0) is 38.6 Å². The highest BCUT2D eigenvalue weighted by Crippen LogP contribution is 2.39. The van der Waals surface area contributed by atoms with Gasteiger partial charge in [0, 0.05) is 61.4 Å². The fourth-order valence-electron chi connectivity index (χ4n) is 5.23. The second-order valence-corrected chi connectivity index (χ2v) is 10.0. The molecule has 5 aromatic rings. The predicted octanol–water partition coefficient (Wildman–Crippen LogP) is 4.74. The van der Waals surface area contributed by atoms with Gasteiger partial charge in [0.15, 0.2) is 0 Å². The molecule has 4 heterocycles. The molecule has 39 heavy (non-hydrogen) atoms. The molecule has 5 N–H and O–H groups in total. The number of hydrogen-bond acceptors (Lipinski definition) is 8. The monoisotopic (exact) mass is 523 g/mol. The first-order valence-corrected chi connectivity index (χ1v) is 13.1. The van der Waals surface area contributed by atoms with Crippen molar-refractivity contribution in [1.29, 1.82) is 0 Å². The molecule has 200 valence electrons. The number of likely N-dealkylation sites (N-methyl/N-ethyl adjacent to an activating group) is 1. The molecule has 0 unspecified atom stereocenters. The highest BCUT2D eigenvalue weighted by atomic mass is 16.5. The Bertz CT molecular complexity index is 1620. The normalized spacial score (nSPS) is 12.7. The first kappa shape index (κ1) is 24.7. The van der Waals surface area contributed by atoms with Crippen molar-refractivity contribution < 1.29 is 4.74 Å². The number of rotatable bonds is 9. The van der Waals surface area contributed by atoms with Gasteiger partial charge < -0.3 is 35.6 Å². The number of aromatic amines is 1. The molecule has 0 bridgehead atoms. The average Bonchev–Trinajstić information content (AvgIpc) is 3.60. The Balaban J connectivity index is 1.40. The predicted molar refractivity (Wildman–Crippen MR) is 157 cm³/mol. The highest BCUT2D eigenvalue weighted by molar-refractivity contribution is 6.00. The quantitative estimate of drug-likeness (QED) is 0.204. The number of aryl methyl sites for hydroxylation is 2. The third-order valence-corrected chi connectivity index (χ3v) is 7.12. The Morgan fingerprint density at radius 1 is 1.15 bits per heavy atom. The lowest BCUT2D eigenvalue weighted by atomic mass is 10.0. The summed E-state index contributed by atoms with van der Waals surface area (Å²) in [6.07, 6.45) is 9.78. The minimum absolute atomic E-state index is 0.443. The minimum Gasteiger partial charge on any atom is -0.494 e. The molecule has 0 saturated heterocycles. The largest absolute Gasteiger partial charge is 0.494 e. The Kier molecular flexibility index (Phi) is 6.54. The molecular weight excluding hydrogens is 490 g/mol. The van der Waals surface area contributed by atoms with Crippen molar-refractivity contribution in [3.05, 3.63) is 60.7 Å². The summed E-state index contributed by atoms with van der Waals surface area (Å²) in [6.45, 7) is 2.65. The van der Waals surface area contributed by atoms with Gasteiger partial charge in [-0.25, -0.2) is 15.0 Å². The molecule has 0 amide bonds. The van der Waals surface area contributed by atoms with E-state index in [0.717, 1.165) is 60.8 Å². The Morgan fingerprint density at radius 3 is 2.85 bits per heavy atom. The summed E-state index contributed by atoms with van der Waals surface area (Å²) in [6, 6.07) is 10.3. The number of anilines is 4. The number of imidazole rings is 1. The van der Waals surface area contributed by atoms with E-state index in [2.05, 4.69) is 59.4 Å². The Hall–Kier alpha value is -4.57. The second kappa shape index (κ2) is 10.3. The fraction of sp³-hybridized carbons (Fsp3) is 0.276. The van der Waals surface area contributed by atoms with E-state index in [9.17, 15) is 0 Å². The maximum Gasteiger partial charge on any atom is 0.227 e. The van der Waals surface area contributed by atoms with E-state index in [-0.39, 0.29) is 0 Å². The van der Waals surface area contributed by atoms with Gasteiger partial charge >= 0.3 is 0 Å². The van der Waals surface area contributed by atoms with E-state index in [4.69, 9.17) is 15.5 Å². The third kappa shape index (κ3) is 4.74. The number of methoxy groups -OCH3 is 1. The molecular formula is C29H33N9O. The number of nitrogens with one attached hydrogen (secondary N) is 3. The van der Waals surface area contributed by atoms with Crippen LogP contribution in [0.1, 0.15) is 12.0 Å². The maximum absolute atomic E-state index is 6.40. The molecule has 0 saturated carbocycles. The smallest absolute Gasteiger partial charge is 0.227 e. The standard InChI is InChI=1S/C29H33N9O/c1-37(2)13-11-31-23-15-25(39-3)24(14-22(23)30)35-29-34-16-20(28-32-9-10-33-28)26(36-29)21-17-38-12-5-7-18-6-4-8-19(21)27(18)38/h4,6,8-10,14-17,31H,5,7,11-13,30H2,1-3H3,(H,32,33)(H,34,35,36). The van der Waals surface area contributed by atoms with Crippen LogP contribution in [0, 0.1) is 0 Å². The van der Waals surface area contributed by atoms with Crippen LogP contribution < -0.4 is 21.1 Å². The summed E-state index contributed by atoms with van der Waals surface area (Å²) in [4.78, 5) is 19.5. The van der Waals surface area contributed by atoms with Crippen molar-refractivity contribution in [2.24, 2.45) is 0 Å². The first-order chi connectivity index (χ1) is 19.0. The van der Waals surface area contributed by atoms with Crippen LogP contribution in [-0.2, 0) is 13.0 Å². The van der Waals surface area contributed by atoms with E-state index < -0.39 is 0 Å². The topological polar surface area (TPSA) is 122 Å². The van der Waals surface area contributed by atoms with E-state index in [1.54, 1.807) is 13.3 Å². The zero-order valence-electron chi connectivity index (χ0n) is 22.5. The molecule has 0 spiro atoms. The number of benzene rings is 2. The molecule has 1 aliphatic rings. The van der Waals surface area contributed by atoms with Crippen LogP contribution in [0.2, 0.25) is 0 Å². The summed E-state index contributed by atoms with van der Waals surface area (Å²) in [5.41, 5.74) is 13.9. The first-order valence-electron chi connectivity index (χ1n) is 13.1. The molecule has 6 rings (SSSR count). The van der Waals surface area contributed by atoms with Crippen molar-refractivity contribution >= 4 is 33.9 Å². The van der Waals surface area contributed by atoms with Crippen LogP contribution >= 0.6 is 0 Å². The lowest BCUT2D eigenvalue weighted by molar-refractivity contribution is 0.416. The van der Waals surface area contributed by atoms with Crippen LogP contribution in [0.4, 0.5) is 23.0 Å². The van der Waals surface area contributed by atoms with Crippen LogP contribution in [-0.4, -0.2) is 63.7 Å². The number of nitrogens with two attached hydrogens (primary N) is 1. The summed E-state index contributed by atoms with van der Waals surface area (Å²) < 4.78 is 8.04.